The maximum atomic E-state index is 12.3. The van der Waals surface area contributed by atoms with Gasteiger partial charge in [0, 0.05) is 16.2 Å². The first-order chi connectivity index (χ1) is 9.93. The third kappa shape index (κ3) is 3.23. The number of nitrogens with zero attached hydrogens (tertiary/aromatic N) is 2. The zero-order valence-electron chi connectivity index (χ0n) is 11.8. The number of aryl methyl sites for hydroxylation is 1. The van der Waals surface area contributed by atoms with Crippen molar-refractivity contribution in [1.82, 2.24) is 9.78 Å². The van der Waals surface area contributed by atoms with Crippen LogP contribution in [0.2, 0.25) is 0 Å². The van der Waals surface area contributed by atoms with Gasteiger partial charge in [-0.25, -0.2) is 4.79 Å². The van der Waals surface area contributed by atoms with E-state index >= 15 is 0 Å². The summed E-state index contributed by atoms with van der Waals surface area (Å²) in [4.78, 5) is 24.0. The lowest BCUT2D eigenvalue weighted by Crippen LogP contribution is -2.15. The maximum Gasteiger partial charge on any atom is 0.360 e. The summed E-state index contributed by atoms with van der Waals surface area (Å²) < 4.78 is 7.16. The molecule has 1 aromatic heterocycles. The van der Waals surface area contributed by atoms with Crippen LogP contribution in [0.1, 0.15) is 26.5 Å². The molecule has 2 rings (SSSR count). The standard InChI is InChI=1S/C14H14IN3O3/c1-8-11(12(14(20)21-3)17-18(8)2)16-13(19)9-5-4-6-10(15)7-9/h4-7H,1-3H3,(H,16,19). The molecule has 0 fully saturated rings. The van der Waals surface area contributed by atoms with Gasteiger partial charge in [0.2, 0.25) is 0 Å². The largest absolute Gasteiger partial charge is 0.464 e. The summed E-state index contributed by atoms with van der Waals surface area (Å²) in [6.07, 6.45) is 0. The number of carbonyl (C=O) groups excluding carboxylic acids is 2. The van der Waals surface area contributed by atoms with Crippen LogP contribution in [0.15, 0.2) is 24.3 Å². The van der Waals surface area contributed by atoms with Crippen molar-refractivity contribution < 1.29 is 14.3 Å². The summed E-state index contributed by atoms with van der Waals surface area (Å²) >= 11 is 2.13. The number of benzene rings is 1. The number of rotatable bonds is 3. The summed E-state index contributed by atoms with van der Waals surface area (Å²) in [5.74, 6) is -0.883. The summed E-state index contributed by atoms with van der Waals surface area (Å²) in [7, 11) is 2.97. The minimum absolute atomic E-state index is 0.0940. The highest BCUT2D eigenvalue weighted by Gasteiger charge is 2.22. The van der Waals surface area contributed by atoms with E-state index in [4.69, 9.17) is 0 Å². The molecule has 0 saturated carbocycles. The van der Waals surface area contributed by atoms with Crippen molar-refractivity contribution in [2.24, 2.45) is 7.05 Å². The molecule has 0 unspecified atom stereocenters. The first-order valence-corrected chi connectivity index (χ1v) is 7.20. The maximum absolute atomic E-state index is 12.3. The summed E-state index contributed by atoms with van der Waals surface area (Å²) in [5, 5.41) is 6.80. The third-order valence-corrected chi connectivity index (χ3v) is 3.71. The minimum atomic E-state index is -0.586. The molecule has 1 heterocycles. The van der Waals surface area contributed by atoms with E-state index in [1.807, 2.05) is 6.07 Å². The molecule has 0 aliphatic heterocycles. The molecule has 1 N–H and O–H groups in total. The molecule has 21 heavy (non-hydrogen) atoms. The van der Waals surface area contributed by atoms with Crippen molar-refractivity contribution in [3.63, 3.8) is 0 Å². The summed E-state index contributed by atoms with van der Waals surface area (Å²) in [5.41, 5.74) is 1.65. The van der Waals surface area contributed by atoms with E-state index in [1.54, 1.807) is 32.2 Å². The van der Waals surface area contributed by atoms with Gasteiger partial charge in [-0.05, 0) is 47.7 Å². The lowest BCUT2D eigenvalue weighted by molar-refractivity contribution is 0.0594. The van der Waals surface area contributed by atoms with Gasteiger partial charge in [0.1, 0.15) is 0 Å². The zero-order chi connectivity index (χ0) is 15.6. The molecule has 0 saturated heterocycles. The van der Waals surface area contributed by atoms with Crippen LogP contribution >= 0.6 is 22.6 Å². The number of anilines is 1. The second-order valence-corrected chi connectivity index (χ2v) is 5.63. The van der Waals surface area contributed by atoms with Gasteiger partial charge in [-0.2, -0.15) is 5.10 Å². The summed E-state index contributed by atoms with van der Waals surface area (Å²) in [6.45, 7) is 1.77. The number of hydrogen-bond acceptors (Lipinski definition) is 4. The van der Waals surface area contributed by atoms with E-state index in [0.29, 0.717) is 16.9 Å². The topological polar surface area (TPSA) is 73.2 Å². The van der Waals surface area contributed by atoms with E-state index in [2.05, 4.69) is 37.7 Å². The number of halogens is 1. The van der Waals surface area contributed by atoms with E-state index in [1.165, 1.54) is 11.8 Å². The highest BCUT2D eigenvalue weighted by atomic mass is 127. The molecule has 0 atom stereocenters. The number of methoxy groups -OCH3 is 1. The van der Waals surface area contributed by atoms with Crippen LogP contribution in [0.25, 0.3) is 0 Å². The van der Waals surface area contributed by atoms with Gasteiger partial charge in [-0.3, -0.25) is 9.48 Å². The van der Waals surface area contributed by atoms with Crippen molar-refractivity contribution in [1.29, 1.82) is 0 Å². The van der Waals surface area contributed by atoms with Crippen molar-refractivity contribution in [3.05, 3.63) is 44.8 Å². The van der Waals surface area contributed by atoms with Gasteiger partial charge in [-0.15, -0.1) is 0 Å². The molecule has 1 aromatic carbocycles. The number of nitrogens with one attached hydrogen (secondary N) is 1. The van der Waals surface area contributed by atoms with Gasteiger partial charge < -0.3 is 10.1 Å². The first-order valence-electron chi connectivity index (χ1n) is 6.13. The van der Waals surface area contributed by atoms with Gasteiger partial charge >= 0.3 is 5.97 Å². The summed E-state index contributed by atoms with van der Waals surface area (Å²) in [6, 6.07) is 7.17. The molecule has 0 aliphatic carbocycles. The molecule has 7 heteroatoms. The fourth-order valence-corrected chi connectivity index (χ4v) is 2.36. The lowest BCUT2D eigenvalue weighted by Gasteiger charge is -2.06. The highest BCUT2D eigenvalue weighted by Crippen LogP contribution is 2.21. The number of esters is 1. The molecule has 0 spiro atoms. The molecular formula is C14H14IN3O3. The Balaban J connectivity index is 2.35. The molecule has 0 radical (unpaired) electrons. The van der Waals surface area contributed by atoms with Crippen LogP contribution in [-0.4, -0.2) is 28.8 Å². The van der Waals surface area contributed by atoms with E-state index in [-0.39, 0.29) is 11.6 Å². The Morgan fingerprint density at radius 1 is 1.38 bits per heavy atom. The van der Waals surface area contributed by atoms with Crippen LogP contribution in [0.5, 0.6) is 0 Å². The molecule has 6 nitrogen and oxygen atoms in total. The average Bonchev–Trinajstić information content (AvgIpc) is 2.74. The van der Waals surface area contributed by atoms with Gasteiger partial charge in [-0.1, -0.05) is 6.07 Å². The second-order valence-electron chi connectivity index (χ2n) is 4.39. The van der Waals surface area contributed by atoms with Crippen molar-refractivity contribution in [2.75, 3.05) is 12.4 Å². The molecule has 0 bridgehead atoms. The van der Waals surface area contributed by atoms with Crippen LogP contribution in [-0.2, 0) is 11.8 Å². The molecule has 0 aliphatic rings. The smallest absolute Gasteiger partial charge is 0.360 e. The molecular weight excluding hydrogens is 385 g/mol. The van der Waals surface area contributed by atoms with Crippen LogP contribution in [0, 0.1) is 10.5 Å². The Bertz CT molecular complexity index is 709. The number of hydrogen-bond donors (Lipinski definition) is 1. The number of carbonyl (C=O) groups is 2. The van der Waals surface area contributed by atoms with Gasteiger partial charge in [0.15, 0.2) is 5.69 Å². The monoisotopic (exact) mass is 399 g/mol. The Hall–Kier alpha value is -1.90. The fraction of sp³-hybridized carbons (Fsp3) is 0.214. The normalized spacial score (nSPS) is 10.3. The van der Waals surface area contributed by atoms with Crippen LogP contribution in [0.4, 0.5) is 5.69 Å². The average molecular weight is 399 g/mol. The predicted molar refractivity (Wildman–Crippen MR) is 86.4 cm³/mol. The number of amides is 1. The van der Waals surface area contributed by atoms with Crippen molar-refractivity contribution in [2.45, 2.75) is 6.92 Å². The predicted octanol–water partition coefficient (Wildman–Crippen LogP) is 2.37. The second kappa shape index (κ2) is 6.25. The SMILES string of the molecule is COC(=O)c1nn(C)c(C)c1NC(=O)c1cccc(I)c1. The van der Waals surface area contributed by atoms with E-state index < -0.39 is 5.97 Å². The van der Waals surface area contributed by atoms with Gasteiger partial charge in [0.05, 0.1) is 18.5 Å². The Morgan fingerprint density at radius 2 is 2.10 bits per heavy atom. The number of aromatic nitrogens is 2. The van der Waals surface area contributed by atoms with Gasteiger partial charge in [0.25, 0.3) is 5.91 Å². The number of ether oxygens (including phenoxy) is 1. The zero-order valence-corrected chi connectivity index (χ0v) is 14.0. The van der Waals surface area contributed by atoms with E-state index in [9.17, 15) is 9.59 Å². The van der Waals surface area contributed by atoms with Crippen molar-refractivity contribution in [3.8, 4) is 0 Å². The first kappa shape index (κ1) is 15.5. The lowest BCUT2D eigenvalue weighted by atomic mass is 10.2. The Kier molecular flexibility index (Phi) is 4.61. The van der Waals surface area contributed by atoms with Crippen molar-refractivity contribution >= 4 is 40.2 Å². The minimum Gasteiger partial charge on any atom is -0.464 e. The Morgan fingerprint density at radius 3 is 2.71 bits per heavy atom. The third-order valence-electron chi connectivity index (χ3n) is 3.04. The molecule has 2 aromatic rings. The molecule has 110 valence electrons. The highest BCUT2D eigenvalue weighted by molar-refractivity contribution is 14.1. The van der Waals surface area contributed by atoms with E-state index in [0.717, 1.165) is 3.57 Å². The van der Waals surface area contributed by atoms with Crippen LogP contribution < -0.4 is 5.32 Å². The van der Waals surface area contributed by atoms with Crippen LogP contribution in [0.3, 0.4) is 0 Å². The molecule has 1 amide bonds. The fourth-order valence-electron chi connectivity index (χ4n) is 1.81. The quantitative estimate of drug-likeness (QED) is 0.636. The Labute approximate surface area is 135 Å².